The number of carbonyl (C=O) groups excluding carboxylic acids is 1. The van der Waals surface area contributed by atoms with E-state index in [1.54, 1.807) is 6.92 Å². The zero-order valence-corrected chi connectivity index (χ0v) is 12.3. The number of hydrogen-bond acceptors (Lipinski definition) is 4. The summed E-state index contributed by atoms with van der Waals surface area (Å²) >= 11 is 0. The Morgan fingerprint density at radius 1 is 1.48 bits per heavy atom. The van der Waals surface area contributed by atoms with Gasteiger partial charge in [-0.1, -0.05) is 0 Å². The minimum Gasteiger partial charge on any atom is -0.479 e. The van der Waals surface area contributed by atoms with Gasteiger partial charge in [-0.05, 0) is 32.0 Å². The number of amides is 1. The molecule has 1 aliphatic heterocycles. The van der Waals surface area contributed by atoms with Crippen LogP contribution in [0, 0.1) is 6.92 Å². The van der Waals surface area contributed by atoms with Crippen LogP contribution in [0.2, 0.25) is 0 Å². The Balaban J connectivity index is 1.74. The summed E-state index contributed by atoms with van der Waals surface area (Å²) in [7, 11) is 1.92. The highest BCUT2D eigenvalue weighted by Crippen LogP contribution is 2.32. The zero-order chi connectivity index (χ0) is 15.0. The highest BCUT2D eigenvalue weighted by atomic mass is 16.5. The van der Waals surface area contributed by atoms with Crippen LogP contribution in [0.5, 0.6) is 5.75 Å². The number of anilines is 2. The standard InChI is InChI=1S/C15H18N4O2/c1-9-11(8-17-19(9)3)7-16-12-4-5-14-13(6-12)18-15(20)10(2)21-14/h4-6,8,10,16H,7H2,1-3H3,(H,18,20). The molecule has 2 aromatic rings. The summed E-state index contributed by atoms with van der Waals surface area (Å²) in [5, 5.41) is 10.4. The number of hydrogen-bond donors (Lipinski definition) is 2. The average molecular weight is 286 g/mol. The molecule has 1 aromatic carbocycles. The molecule has 0 spiro atoms. The number of aromatic nitrogens is 2. The predicted molar refractivity (Wildman–Crippen MR) is 80.4 cm³/mol. The SMILES string of the molecule is Cc1c(CNc2ccc3c(c2)NC(=O)C(C)O3)cnn1C. The van der Waals surface area contributed by atoms with Crippen molar-refractivity contribution in [1.29, 1.82) is 0 Å². The van der Waals surface area contributed by atoms with Crippen molar-refractivity contribution in [2.24, 2.45) is 7.05 Å². The quantitative estimate of drug-likeness (QED) is 0.906. The summed E-state index contributed by atoms with van der Waals surface area (Å²) in [5.74, 6) is 0.577. The molecule has 0 saturated heterocycles. The van der Waals surface area contributed by atoms with Gasteiger partial charge >= 0.3 is 0 Å². The number of nitrogens with one attached hydrogen (secondary N) is 2. The number of rotatable bonds is 3. The maximum atomic E-state index is 11.6. The lowest BCUT2D eigenvalue weighted by Gasteiger charge is -2.23. The van der Waals surface area contributed by atoms with Crippen molar-refractivity contribution in [3.05, 3.63) is 35.7 Å². The molecule has 1 aromatic heterocycles. The molecule has 0 saturated carbocycles. The molecule has 1 aliphatic rings. The Bertz CT molecular complexity index is 693. The first-order valence-corrected chi connectivity index (χ1v) is 6.87. The molecule has 2 N–H and O–H groups in total. The summed E-state index contributed by atoms with van der Waals surface area (Å²) < 4.78 is 7.38. The zero-order valence-electron chi connectivity index (χ0n) is 12.3. The van der Waals surface area contributed by atoms with E-state index < -0.39 is 6.10 Å². The molecule has 6 nitrogen and oxygen atoms in total. The Kier molecular flexibility index (Phi) is 3.29. The average Bonchev–Trinajstić information content (AvgIpc) is 2.78. The van der Waals surface area contributed by atoms with E-state index in [1.807, 2.05) is 43.0 Å². The molecule has 0 bridgehead atoms. The maximum Gasteiger partial charge on any atom is 0.265 e. The van der Waals surface area contributed by atoms with Crippen molar-refractivity contribution in [3.63, 3.8) is 0 Å². The van der Waals surface area contributed by atoms with Crippen LogP contribution in [0.3, 0.4) is 0 Å². The summed E-state index contributed by atoms with van der Waals surface area (Å²) in [6, 6.07) is 5.68. The van der Waals surface area contributed by atoms with E-state index in [0.29, 0.717) is 18.0 Å². The molecule has 21 heavy (non-hydrogen) atoms. The largest absolute Gasteiger partial charge is 0.479 e. The fourth-order valence-electron chi connectivity index (χ4n) is 2.23. The van der Waals surface area contributed by atoms with Crippen molar-refractivity contribution in [2.75, 3.05) is 10.6 Å². The van der Waals surface area contributed by atoms with Crippen LogP contribution in [0.25, 0.3) is 0 Å². The maximum absolute atomic E-state index is 11.6. The van der Waals surface area contributed by atoms with Gasteiger partial charge in [0.25, 0.3) is 5.91 Å². The topological polar surface area (TPSA) is 68.2 Å². The van der Waals surface area contributed by atoms with Gasteiger partial charge in [-0.15, -0.1) is 0 Å². The second-order valence-electron chi connectivity index (χ2n) is 5.19. The summed E-state index contributed by atoms with van der Waals surface area (Å²) in [4.78, 5) is 11.6. The van der Waals surface area contributed by atoms with Gasteiger partial charge in [0, 0.05) is 30.5 Å². The molecule has 110 valence electrons. The first kappa shape index (κ1) is 13.5. The van der Waals surface area contributed by atoms with Gasteiger partial charge in [-0.2, -0.15) is 5.10 Å². The Hall–Kier alpha value is -2.50. The van der Waals surface area contributed by atoms with Gasteiger partial charge in [-0.25, -0.2) is 0 Å². The molecule has 0 aliphatic carbocycles. The van der Waals surface area contributed by atoms with Crippen LogP contribution in [0.1, 0.15) is 18.2 Å². The molecule has 1 amide bonds. The Morgan fingerprint density at radius 2 is 2.29 bits per heavy atom. The number of aryl methyl sites for hydroxylation is 1. The van der Waals surface area contributed by atoms with Crippen molar-refractivity contribution >= 4 is 17.3 Å². The van der Waals surface area contributed by atoms with E-state index in [2.05, 4.69) is 15.7 Å². The second kappa shape index (κ2) is 5.12. The first-order valence-electron chi connectivity index (χ1n) is 6.87. The fraction of sp³-hybridized carbons (Fsp3) is 0.333. The van der Waals surface area contributed by atoms with E-state index in [9.17, 15) is 4.79 Å². The summed E-state index contributed by atoms with van der Waals surface area (Å²) in [6.45, 7) is 4.45. The molecule has 6 heteroatoms. The second-order valence-corrected chi connectivity index (χ2v) is 5.19. The van der Waals surface area contributed by atoms with E-state index in [4.69, 9.17) is 4.74 Å². The first-order chi connectivity index (χ1) is 10.0. The van der Waals surface area contributed by atoms with Crippen molar-refractivity contribution in [1.82, 2.24) is 9.78 Å². The molecular weight excluding hydrogens is 268 g/mol. The van der Waals surface area contributed by atoms with Crippen molar-refractivity contribution in [3.8, 4) is 5.75 Å². The van der Waals surface area contributed by atoms with Gasteiger partial charge in [-0.3, -0.25) is 9.48 Å². The number of carbonyl (C=O) groups is 1. The molecule has 3 rings (SSSR count). The minimum absolute atomic E-state index is 0.122. The van der Waals surface area contributed by atoms with Crippen LogP contribution < -0.4 is 15.4 Å². The molecular formula is C15H18N4O2. The van der Waals surface area contributed by atoms with Crippen LogP contribution in [-0.4, -0.2) is 21.8 Å². The van der Waals surface area contributed by atoms with Gasteiger partial charge in [0.15, 0.2) is 6.10 Å². The Morgan fingerprint density at radius 3 is 3.00 bits per heavy atom. The van der Waals surface area contributed by atoms with Gasteiger partial charge in [0.1, 0.15) is 5.75 Å². The molecule has 1 unspecified atom stereocenters. The Labute approximate surface area is 123 Å². The summed E-state index contributed by atoms with van der Waals surface area (Å²) in [6.07, 6.45) is 1.40. The van der Waals surface area contributed by atoms with Gasteiger partial charge in [0.05, 0.1) is 11.9 Å². The van der Waals surface area contributed by atoms with Crippen LogP contribution in [-0.2, 0) is 18.4 Å². The van der Waals surface area contributed by atoms with Crippen LogP contribution >= 0.6 is 0 Å². The van der Waals surface area contributed by atoms with Crippen molar-refractivity contribution in [2.45, 2.75) is 26.5 Å². The van der Waals surface area contributed by atoms with Gasteiger partial charge in [0.2, 0.25) is 0 Å². The molecule has 0 fully saturated rings. The van der Waals surface area contributed by atoms with E-state index in [0.717, 1.165) is 16.9 Å². The number of benzene rings is 1. The number of fused-ring (bicyclic) bond motifs is 1. The van der Waals surface area contributed by atoms with E-state index >= 15 is 0 Å². The third kappa shape index (κ3) is 2.56. The normalized spacial score (nSPS) is 16.9. The number of nitrogens with zero attached hydrogens (tertiary/aromatic N) is 2. The number of ether oxygens (including phenoxy) is 1. The van der Waals surface area contributed by atoms with Gasteiger partial charge < -0.3 is 15.4 Å². The molecule has 1 atom stereocenters. The third-order valence-electron chi connectivity index (χ3n) is 3.73. The van der Waals surface area contributed by atoms with E-state index in [1.165, 1.54) is 0 Å². The van der Waals surface area contributed by atoms with Crippen LogP contribution in [0.15, 0.2) is 24.4 Å². The summed E-state index contributed by atoms with van der Waals surface area (Å²) in [5.41, 5.74) is 3.90. The highest BCUT2D eigenvalue weighted by Gasteiger charge is 2.23. The van der Waals surface area contributed by atoms with Crippen LogP contribution in [0.4, 0.5) is 11.4 Å². The molecule has 0 radical (unpaired) electrons. The van der Waals surface area contributed by atoms with E-state index in [-0.39, 0.29) is 5.91 Å². The third-order valence-corrected chi connectivity index (χ3v) is 3.73. The lowest BCUT2D eigenvalue weighted by atomic mass is 10.2. The smallest absolute Gasteiger partial charge is 0.265 e. The fourth-order valence-corrected chi connectivity index (χ4v) is 2.23. The lowest BCUT2D eigenvalue weighted by molar-refractivity contribution is -0.122. The lowest BCUT2D eigenvalue weighted by Crippen LogP contribution is -2.34. The molecule has 2 heterocycles. The monoisotopic (exact) mass is 286 g/mol. The minimum atomic E-state index is -0.450. The highest BCUT2D eigenvalue weighted by molar-refractivity contribution is 5.98. The predicted octanol–water partition coefficient (Wildman–Crippen LogP) is 2.06. The van der Waals surface area contributed by atoms with Crippen molar-refractivity contribution < 1.29 is 9.53 Å².